The number of urea groups is 1. The third-order valence-electron chi connectivity index (χ3n) is 4.05. The lowest BCUT2D eigenvalue weighted by Gasteiger charge is -2.23. The van der Waals surface area contributed by atoms with E-state index in [0.29, 0.717) is 23.9 Å². The quantitative estimate of drug-likeness (QED) is 0.752. The van der Waals surface area contributed by atoms with E-state index in [1.54, 1.807) is 19.3 Å². The summed E-state index contributed by atoms with van der Waals surface area (Å²) in [5.74, 6) is 1.95. The van der Waals surface area contributed by atoms with Crippen LogP contribution in [0.15, 0.2) is 35.1 Å². The number of benzene rings is 1. The van der Waals surface area contributed by atoms with Crippen molar-refractivity contribution in [1.29, 1.82) is 0 Å². The molecule has 9 heteroatoms. The number of carbonyl (C=O) groups is 1. The number of carbonyl (C=O) groups excluding carboxylic acids is 1. The van der Waals surface area contributed by atoms with Crippen LogP contribution in [0.1, 0.15) is 18.1 Å². The number of aromatic nitrogens is 5. The molecule has 0 spiro atoms. The van der Waals surface area contributed by atoms with Crippen LogP contribution in [0.3, 0.4) is 0 Å². The van der Waals surface area contributed by atoms with Gasteiger partial charge in [-0.2, -0.15) is 10.1 Å². The first-order chi connectivity index (χ1) is 12.2. The molecule has 0 unspecified atom stereocenters. The maximum absolute atomic E-state index is 12.3. The van der Waals surface area contributed by atoms with Crippen LogP contribution in [-0.2, 0) is 13.0 Å². The van der Waals surface area contributed by atoms with Gasteiger partial charge in [0.2, 0.25) is 11.7 Å². The number of anilines is 1. The van der Waals surface area contributed by atoms with Crippen LogP contribution in [0.2, 0.25) is 0 Å². The Morgan fingerprint density at radius 3 is 3.16 bits per heavy atom. The van der Waals surface area contributed by atoms with E-state index in [1.807, 2.05) is 22.9 Å². The van der Waals surface area contributed by atoms with Gasteiger partial charge in [0.25, 0.3) is 0 Å². The summed E-state index contributed by atoms with van der Waals surface area (Å²) in [5, 5.41) is 13.9. The first-order valence-corrected chi connectivity index (χ1v) is 8.02. The summed E-state index contributed by atoms with van der Waals surface area (Å²) in [6, 6.07) is 7.08. The molecule has 0 aliphatic carbocycles. The highest BCUT2D eigenvalue weighted by Gasteiger charge is 2.21. The molecule has 3 heterocycles. The monoisotopic (exact) mass is 339 g/mol. The molecule has 1 atom stereocenters. The molecule has 1 aliphatic rings. The van der Waals surface area contributed by atoms with Gasteiger partial charge >= 0.3 is 6.03 Å². The van der Waals surface area contributed by atoms with E-state index in [2.05, 4.69) is 30.9 Å². The second-order valence-corrected chi connectivity index (χ2v) is 5.91. The molecule has 2 aromatic heterocycles. The van der Waals surface area contributed by atoms with E-state index in [4.69, 9.17) is 4.52 Å². The number of rotatable bonds is 3. The number of nitrogens with one attached hydrogen (secondary N) is 2. The molecule has 4 rings (SSSR count). The lowest BCUT2D eigenvalue weighted by Crippen LogP contribution is -2.43. The molecule has 2 N–H and O–H groups in total. The fraction of sp³-hybridized carbons (Fsp3) is 0.312. The summed E-state index contributed by atoms with van der Waals surface area (Å²) in [6.45, 7) is 2.36. The third-order valence-corrected chi connectivity index (χ3v) is 4.05. The molecular weight excluding hydrogens is 322 g/mol. The number of amides is 2. The Morgan fingerprint density at radius 2 is 2.32 bits per heavy atom. The van der Waals surface area contributed by atoms with Gasteiger partial charge in [-0.05, 0) is 18.6 Å². The summed E-state index contributed by atoms with van der Waals surface area (Å²) in [6.07, 6.45) is 3.19. The fourth-order valence-electron chi connectivity index (χ4n) is 2.86. The van der Waals surface area contributed by atoms with E-state index < -0.39 is 0 Å². The van der Waals surface area contributed by atoms with Crippen LogP contribution in [-0.4, -0.2) is 37.0 Å². The fourth-order valence-corrected chi connectivity index (χ4v) is 2.86. The highest BCUT2D eigenvalue weighted by Crippen LogP contribution is 2.20. The predicted octanol–water partition coefficient (Wildman–Crippen LogP) is 1.77. The molecule has 0 saturated carbocycles. The molecule has 0 radical (unpaired) electrons. The Labute approximate surface area is 143 Å². The normalized spacial score (nSPS) is 16.3. The van der Waals surface area contributed by atoms with Crippen molar-refractivity contribution < 1.29 is 9.32 Å². The Bertz CT molecular complexity index is 901. The van der Waals surface area contributed by atoms with Gasteiger partial charge < -0.3 is 15.2 Å². The molecule has 1 aromatic carbocycles. The first kappa shape index (κ1) is 15.3. The number of fused-ring (bicyclic) bond motifs is 1. The van der Waals surface area contributed by atoms with E-state index in [1.165, 1.54) is 0 Å². The summed E-state index contributed by atoms with van der Waals surface area (Å²) < 4.78 is 6.82. The molecule has 1 aliphatic heterocycles. The standard InChI is InChI=1S/C16H17N7O2/c1-10-19-15(22-25-10)11-3-2-4-12(7-11)20-16(24)21-13-5-6-14-17-9-18-23(14)8-13/h2-4,7,9,13H,5-6,8H2,1H3,(H2,20,21,24)/t13-/m1/s1. The Balaban J connectivity index is 1.40. The smallest absolute Gasteiger partial charge is 0.319 e. The SMILES string of the molecule is Cc1nc(-c2cccc(NC(=O)N[C@@H]3CCc4ncnn4C3)c2)no1. The zero-order chi connectivity index (χ0) is 17.2. The summed E-state index contributed by atoms with van der Waals surface area (Å²) in [7, 11) is 0. The van der Waals surface area contributed by atoms with E-state index >= 15 is 0 Å². The average Bonchev–Trinajstić information content (AvgIpc) is 3.23. The highest BCUT2D eigenvalue weighted by molar-refractivity contribution is 5.90. The zero-order valence-electron chi connectivity index (χ0n) is 13.6. The second kappa shape index (κ2) is 6.34. The molecule has 0 fully saturated rings. The van der Waals surface area contributed by atoms with Crippen molar-refractivity contribution in [2.24, 2.45) is 0 Å². The number of aryl methyl sites for hydroxylation is 2. The van der Waals surface area contributed by atoms with Crippen LogP contribution in [0.5, 0.6) is 0 Å². The van der Waals surface area contributed by atoms with Gasteiger partial charge in [0.1, 0.15) is 12.2 Å². The maximum atomic E-state index is 12.3. The van der Waals surface area contributed by atoms with Crippen molar-refractivity contribution in [2.75, 3.05) is 5.32 Å². The van der Waals surface area contributed by atoms with Gasteiger partial charge in [-0.15, -0.1) is 0 Å². The Kier molecular flexibility index (Phi) is 3.88. The molecule has 0 saturated heterocycles. The molecule has 3 aromatic rings. The first-order valence-electron chi connectivity index (χ1n) is 8.02. The van der Waals surface area contributed by atoms with Crippen LogP contribution in [0.4, 0.5) is 10.5 Å². The minimum absolute atomic E-state index is 0.0252. The predicted molar refractivity (Wildman–Crippen MR) is 88.8 cm³/mol. The third kappa shape index (κ3) is 3.35. The summed E-state index contributed by atoms with van der Waals surface area (Å²) in [5.41, 5.74) is 1.44. The van der Waals surface area contributed by atoms with Crippen molar-refractivity contribution in [2.45, 2.75) is 32.4 Å². The van der Waals surface area contributed by atoms with Gasteiger partial charge in [-0.25, -0.2) is 14.5 Å². The molecule has 128 valence electrons. The van der Waals surface area contributed by atoms with Gasteiger partial charge in [0.15, 0.2) is 0 Å². The van der Waals surface area contributed by atoms with Gasteiger partial charge in [-0.1, -0.05) is 17.3 Å². The van der Waals surface area contributed by atoms with Crippen LogP contribution >= 0.6 is 0 Å². The van der Waals surface area contributed by atoms with E-state index in [-0.39, 0.29) is 12.1 Å². The number of nitrogens with zero attached hydrogens (tertiary/aromatic N) is 5. The number of hydrogen-bond acceptors (Lipinski definition) is 6. The summed E-state index contributed by atoms with van der Waals surface area (Å²) in [4.78, 5) is 20.6. The maximum Gasteiger partial charge on any atom is 0.319 e. The second-order valence-electron chi connectivity index (χ2n) is 5.91. The van der Waals surface area contributed by atoms with Crippen molar-refractivity contribution in [3.8, 4) is 11.4 Å². The molecular formula is C16H17N7O2. The topological polar surface area (TPSA) is 111 Å². The average molecular weight is 339 g/mol. The van der Waals surface area contributed by atoms with Gasteiger partial charge in [0, 0.05) is 24.6 Å². The van der Waals surface area contributed by atoms with Crippen LogP contribution < -0.4 is 10.6 Å². The Hall–Kier alpha value is -3.23. The van der Waals surface area contributed by atoms with E-state index in [9.17, 15) is 4.79 Å². The molecule has 2 amide bonds. The lowest BCUT2D eigenvalue weighted by atomic mass is 10.1. The van der Waals surface area contributed by atoms with E-state index in [0.717, 1.165) is 24.2 Å². The van der Waals surface area contributed by atoms with Gasteiger partial charge in [-0.3, -0.25) is 0 Å². The van der Waals surface area contributed by atoms with Crippen molar-refractivity contribution in [3.63, 3.8) is 0 Å². The zero-order valence-corrected chi connectivity index (χ0v) is 13.6. The van der Waals surface area contributed by atoms with Crippen molar-refractivity contribution in [3.05, 3.63) is 42.3 Å². The largest absolute Gasteiger partial charge is 0.339 e. The van der Waals surface area contributed by atoms with Crippen molar-refractivity contribution >= 4 is 11.7 Å². The molecule has 0 bridgehead atoms. The van der Waals surface area contributed by atoms with Crippen LogP contribution in [0.25, 0.3) is 11.4 Å². The Morgan fingerprint density at radius 1 is 1.40 bits per heavy atom. The van der Waals surface area contributed by atoms with Gasteiger partial charge in [0.05, 0.1) is 12.6 Å². The molecule has 25 heavy (non-hydrogen) atoms. The lowest BCUT2D eigenvalue weighted by molar-refractivity contribution is 0.243. The number of hydrogen-bond donors (Lipinski definition) is 2. The highest BCUT2D eigenvalue weighted by atomic mass is 16.5. The van der Waals surface area contributed by atoms with Crippen LogP contribution in [0, 0.1) is 6.92 Å². The minimum Gasteiger partial charge on any atom is -0.339 e. The molecule has 9 nitrogen and oxygen atoms in total. The summed E-state index contributed by atoms with van der Waals surface area (Å²) >= 11 is 0. The minimum atomic E-state index is -0.255. The van der Waals surface area contributed by atoms with Crippen molar-refractivity contribution in [1.82, 2.24) is 30.2 Å².